The van der Waals surface area contributed by atoms with Crippen LogP contribution in [-0.2, 0) is 14.8 Å². The van der Waals surface area contributed by atoms with E-state index in [4.69, 9.17) is 4.74 Å². The van der Waals surface area contributed by atoms with E-state index in [0.717, 1.165) is 4.88 Å². The Balaban J connectivity index is 2.05. The highest BCUT2D eigenvalue weighted by Gasteiger charge is 2.15. The van der Waals surface area contributed by atoms with Gasteiger partial charge in [0.25, 0.3) is 5.91 Å². The summed E-state index contributed by atoms with van der Waals surface area (Å²) in [7, 11) is -2.11. The molecular weight excluding hydrogens is 338 g/mol. The van der Waals surface area contributed by atoms with Crippen molar-refractivity contribution in [3.05, 3.63) is 40.9 Å². The third-order valence-corrected chi connectivity index (χ3v) is 5.17. The van der Waals surface area contributed by atoms with E-state index in [2.05, 4.69) is 15.0 Å². The number of carbonyl (C=O) groups excluding carboxylic acids is 1. The van der Waals surface area contributed by atoms with Crippen LogP contribution in [0.1, 0.15) is 15.2 Å². The molecule has 0 radical (unpaired) electrons. The molecule has 7 nitrogen and oxygen atoms in total. The Morgan fingerprint density at radius 2 is 2.00 bits per heavy atom. The van der Waals surface area contributed by atoms with E-state index in [0.29, 0.717) is 10.7 Å². The van der Waals surface area contributed by atoms with Gasteiger partial charge in [-0.1, -0.05) is 0 Å². The van der Waals surface area contributed by atoms with E-state index in [-0.39, 0.29) is 24.0 Å². The standard InChI is InChI=1S/C14H17N3O4S2/c1-10-9-15-14(22-10)17-13(18)11-3-5-12(6-4-11)23(19,20)16-7-8-21-2/h3-6,9,16H,7-8H2,1-2H3,(H,15,17,18). The maximum Gasteiger partial charge on any atom is 0.257 e. The van der Waals surface area contributed by atoms with Crippen molar-refractivity contribution in [1.29, 1.82) is 0 Å². The highest BCUT2D eigenvalue weighted by molar-refractivity contribution is 7.89. The number of carbonyl (C=O) groups is 1. The van der Waals surface area contributed by atoms with Gasteiger partial charge in [-0.25, -0.2) is 18.1 Å². The van der Waals surface area contributed by atoms with Crippen molar-refractivity contribution >= 4 is 32.4 Å². The normalized spacial score (nSPS) is 11.4. The van der Waals surface area contributed by atoms with Crippen LogP contribution in [-0.4, -0.2) is 39.6 Å². The summed E-state index contributed by atoms with van der Waals surface area (Å²) in [6.45, 7) is 2.36. The summed E-state index contributed by atoms with van der Waals surface area (Å²) >= 11 is 1.37. The quantitative estimate of drug-likeness (QED) is 0.736. The molecular formula is C14H17N3O4S2. The number of nitrogens with zero attached hydrogens (tertiary/aromatic N) is 1. The lowest BCUT2D eigenvalue weighted by Crippen LogP contribution is -2.27. The molecule has 1 heterocycles. The van der Waals surface area contributed by atoms with Crippen LogP contribution in [0, 0.1) is 6.92 Å². The van der Waals surface area contributed by atoms with E-state index in [1.807, 2.05) is 6.92 Å². The molecule has 1 aromatic carbocycles. The molecule has 2 aromatic rings. The van der Waals surface area contributed by atoms with Crippen molar-refractivity contribution in [2.24, 2.45) is 0 Å². The summed E-state index contributed by atoms with van der Waals surface area (Å²) in [5.41, 5.74) is 0.355. The summed E-state index contributed by atoms with van der Waals surface area (Å²) in [6.07, 6.45) is 1.67. The summed E-state index contributed by atoms with van der Waals surface area (Å²) in [6, 6.07) is 5.69. The van der Waals surface area contributed by atoms with Crippen LogP contribution >= 0.6 is 11.3 Å². The Morgan fingerprint density at radius 1 is 1.30 bits per heavy atom. The third-order valence-electron chi connectivity index (χ3n) is 2.87. The fourth-order valence-electron chi connectivity index (χ4n) is 1.73. The predicted molar refractivity (Wildman–Crippen MR) is 88.3 cm³/mol. The molecule has 124 valence electrons. The summed E-state index contributed by atoms with van der Waals surface area (Å²) < 4.78 is 31.2. The zero-order chi connectivity index (χ0) is 16.9. The van der Waals surface area contributed by atoms with Gasteiger partial charge in [0.1, 0.15) is 0 Å². The molecule has 1 aromatic heterocycles. The molecule has 2 rings (SSSR count). The van der Waals surface area contributed by atoms with Gasteiger partial charge in [0, 0.05) is 30.3 Å². The van der Waals surface area contributed by atoms with Crippen molar-refractivity contribution in [1.82, 2.24) is 9.71 Å². The Labute approximate surface area is 138 Å². The molecule has 0 aliphatic carbocycles. The second-order valence-corrected chi connectivity index (χ2v) is 7.65. The fraction of sp³-hybridized carbons (Fsp3) is 0.286. The molecule has 0 saturated carbocycles. The number of anilines is 1. The monoisotopic (exact) mass is 355 g/mol. The molecule has 2 N–H and O–H groups in total. The number of sulfonamides is 1. The minimum absolute atomic E-state index is 0.0928. The van der Waals surface area contributed by atoms with Gasteiger partial charge in [0.05, 0.1) is 11.5 Å². The fourth-order valence-corrected chi connectivity index (χ4v) is 3.40. The molecule has 0 atom stereocenters. The molecule has 9 heteroatoms. The maximum atomic E-state index is 12.1. The van der Waals surface area contributed by atoms with E-state index < -0.39 is 10.0 Å². The predicted octanol–water partition coefficient (Wildman–Crippen LogP) is 1.63. The number of thiazole rings is 1. The van der Waals surface area contributed by atoms with Crippen LogP contribution in [0.25, 0.3) is 0 Å². The molecule has 23 heavy (non-hydrogen) atoms. The molecule has 0 aliphatic heterocycles. The molecule has 0 aliphatic rings. The Morgan fingerprint density at radius 3 is 2.57 bits per heavy atom. The van der Waals surface area contributed by atoms with Crippen LogP contribution in [0.2, 0.25) is 0 Å². The number of rotatable bonds is 7. The highest BCUT2D eigenvalue weighted by atomic mass is 32.2. The van der Waals surface area contributed by atoms with E-state index >= 15 is 0 Å². The van der Waals surface area contributed by atoms with Crippen LogP contribution in [0.4, 0.5) is 5.13 Å². The van der Waals surface area contributed by atoms with Gasteiger partial charge in [-0.3, -0.25) is 10.1 Å². The van der Waals surface area contributed by atoms with Crippen LogP contribution < -0.4 is 10.0 Å². The summed E-state index contributed by atoms with van der Waals surface area (Å²) in [5.74, 6) is -0.337. The Hall–Kier alpha value is -1.81. The van der Waals surface area contributed by atoms with Gasteiger partial charge in [-0.2, -0.15) is 0 Å². The second-order valence-electron chi connectivity index (χ2n) is 4.65. The zero-order valence-corrected chi connectivity index (χ0v) is 14.3. The number of amides is 1. The number of benzene rings is 1. The number of hydrogen-bond acceptors (Lipinski definition) is 6. The highest BCUT2D eigenvalue weighted by Crippen LogP contribution is 2.18. The first-order valence-electron chi connectivity index (χ1n) is 6.75. The van der Waals surface area contributed by atoms with Crippen molar-refractivity contribution < 1.29 is 17.9 Å². The van der Waals surface area contributed by atoms with Gasteiger partial charge in [-0.05, 0) is 31.2 Å². The summed E-state index contributed by atoms with van der Waals surface area (Å²) in [5, 5.41) is 3.17. The lowest BCUT2D eigenvalue weighted by Gasteiger charge is -2.07. The van der Waals surface area contributed by atoms with Gasteiger partial charge in [-0.15, -0.1) is 11.3 Å². The Bertz CT molecular complexity index is 770. The first-order valence-corrected chi connectivity index (χ1v) is 9.05. The van der Waals surface area contributed by atoms with E-state index in [1.54, 1.807) is 6.20 Å². The minimum atomic E-state index is -3.60. The van der Waals surface area contributed by atoms with Crippen molar-refractivity contribution in [2.75, 3.05) is 25.6 Å². The van der Waals surface area contributed by atoms with Gasteiger partial charge in [0.15, 0.2) is 5.13 Å². The van der Waals surface area contributed by atoms with Crippen LogP contribution in [0.15, 0.2) is 35.4 Å². The molecule has 0 spiro atoms. The van der Waals surface area contributed by atoms with Gasteiger partial charge >= 0.3 is 0 Å². The number of nitrogens with one attached hydrogen (secondary N) is 2. The van der Waals surface area contributed by atoms with E-state index in [9.17, 15) is 13.2 Å². The summed E-state index contributed by atoms with van der Waals surface area (Å²) in [4.78, 5) is 17.2. The van der Waals surface area contributed by atoms with Gasteiger partial charge in [0.2, 0.25) is 10.0 Å². The van der Waals surface area contributed by atoms with Crippen molar-refractivity contribution in [3.63, 3.8) is 0 Å². The first-order chi connectivity index (χ1) is 10.9. The number of aromatic nitrogens is 1. The smallest absolute Gasteiger partial charge is 0.257 e. The number of hydrogen-bond donors (Lipinski definition) is 2. The molecule has 0 fully saturated rings. The lowest BCUT2D eigenvalue weighted by atomic mass is 10.2. The van der Waals surface area contributed by atoms with Crippen LogP contribution in [0.5, 0.6) is 0 Å². The zero-order valence-electron chi connectivity index (χ0n) is 12.7. The van der Waals surface area contributed by atoms with Crippen LogP contribution in [0.3, 0.4) is 0 Å². The minimum Gasteiger partial charge on any atom is -0.383 e. The molecule has 0 unspecified atom stereocenters. The number of aryl methyl sites for hydroxylation is 1. The lowest BCUT2D eigenvalue weighted by molar-refractivity contribution is 0.102. The van der Waals surface area contributed by atoms with Gasteiger partial charge < -0.3 is 4.74 Å². The average Bonchev–Trinajstić information content (AvgIpc) is 2.92. The second kappa shape index (κ2) is 7.64. The van der Waals surface area contributed by atoms with E-state index in [1.165, 1.54) is 42.7 Å². The molecule has 1 amide bonds. The Kier molecular flexibility index (Phi) is 5.83. The molecule has 0 bridgehead atoms. The SMILES string of the molecule is COCCNS(=O)(=O)c1ccc(C(=O)Nc2ncc(C)s2)cc1. The third kappa shape index (κ3) is 4.83. The first kappa shape index (κ1) is 17.5. The van der Waals surface area contributed by atoms with Crippen molar-refractivity contribution in [3.8, 4) is 0 Å². The largest absolute Gasteiger partial charge is 0.383 e. The average molecular weight is 355 g/mol. The maximum absolute atomic E-state index is 12.1. The van der Waals surface area contributed by atoms with Crippen molar-refractivity contribution in [2.45, 2.75) is 11.8 Å². The number of ether oxygens (including phenoxy) is 1. The molecule has 0 saturated heterocycles. The topological polar surface area (TPSA) is 97.4 Å². The number of methoxy groups -OCH3 is 1.